The van der Waals surface area contributed by atoms with Gasteiger partial charge in [0.15, 0.2) is 0 Å². The Morgan fingerprint density at radius 2 is 2.29 bits per heavy atom. The van der Waals surface area contributed by atoms with Gasteiger partial charge in [0.1, 0.15) is 12.0 Å². The van der Waals surface area contributed by atoms with Gasteiger partial charge in [0, 0.05) is 6.20 Å². The quantitative estimate of drug-likeness (QED) is 0.824. The fraction of sp³-hybridized carbons (Fsp3) is 0.111. The van der Waals surface area contributed by atoms with Crippen LogP contribution in [0.25, 0.3) is 5.69 Å². The van der Waals surface area contributed by atoms with E-state index in [9.17, 15) is 4.79 Å². The molecule has 0 aliphatic carbocycles. The van der Waals surface area contributed by atoms with Crippen molar-refractivity contribution in [3.8, 4) is 5.69 Å². The Kier molecular flexibility index (Phi) is 3.05. The third-order valence-corrected chi connectivity index (χ3v) is 2.57. The molecule has 0 fully saturated rings. The summed E-state index contributed by atoms with van der Waals surface area (Å²) in [7, 11) is 1.26. The normalized spacial score (nSPS) is 10.2. The number of nitrogen functional groups attached to an aromatic ring is 1. The number of ether oxygens (including phenoxy) is 1. The van der Waals surface area contributed by atoms with Crippen LogP contribution in [0.15, 0.2) is 23.2 Å². The number of esters is 1. The van der Waals surface area contributed by atoms with Gasteiger partial charge in [-0.05, 0) is 15.9 Å². The Morgan fingerprint density at radius 1 is 1.53 bits per heavy atom. The second-order valence-corrected chi connectivity index (χ2v) is 3.92. The molecule has 2 aromatic rings. The lowest BCUT2D eigenvalue weighted by Gasteiger charge is -2.05. The summed E-state index contributed by atoms with van der Waals surface area (Å²) in [5, 5.41) is 3.97. The Balaban J connectivity index is 2.47. The molecule has 0 spiro atoms. The van der Waals surface area contributed by atoms with Gasteiger partial charge in [-0.25, -0.2) is 14.5 Å². The van der Waals surface area contributed by atoms with E-state index in [4.69, 9.17) is 5.73 Å². The molecule has 7 nitrogen and oxygen atoms in total. The molecule has 17 heavy (non-hydrogen) atoms. The van der Waals surface area contributed by atoms with Gasteiger partial charge < -0.3 is 10.5 Å². The van der Waals surface area contributed by atoms with Gasteiger partial charge in [0.05, 0.1) is 23.5 Å². The maximum absolute atomic E-state index is 11.2. The highest BCUT2D eigenvalue weighted by Gasteiger charge is 2.14. The first-order valence-electron chi connectivity index (χ1n) is 4.53. The van der Waals surface area contributed by atoms with Crippen molar-refractivity contribution in [2.24, 2.45) is 0 Å². The molecule has 0 radical (unpaired) electrons. The number of hydrogen-bond acceptors (Lipinski definition) is 6. The highest BCUT2D eigenvalue weighted by atomic mass is 79.9. The van der Waals surface area contributed by atoms with E-state index in [1.807, 2.05) is 0 Å². The zero-order chi connectivity index (χ0) is 12.4. The monoisotopic (exact) mass is 297 g/mol. The van der Waals surface area contributed by atoms with Crippen molar-refractivity contribution >= 4 is 27.6 Å². The number of rotatable bonds is 2. The van der Waals surface area contributed by atoms with E-state index >= 15 is 0 Å². The molecule has 0 unspecified atom stereocenters. The van der Waals surface area contributed by atoms with Crippen molar-refractivity contribution in [3.05, 3.63) is 29.0 Å². The fourth-order valence-corrected chi connectivity index (χ4v) is 1.77. The molecule has 0 bridgehead atoms. The zero-order valence-electron chi connectivity index (χ0n) is 8.79. The number of aromatic nitrogens is 4. The number of carbonyl (C=O) groups is 1. The Labute approximate surface area is 105 Å². The van der Waals surface area contributed by atoms with Crippen molar-refractivity contribution < 1.29 is 9.53 Å². The summed E-state index contributed by atoms with van der Waals surface area (Å²) in [6.45, 7) is 0. The van der Waals surface area contributed by atoms with Gasteiger partial charge >= 0.3 is 5.97 Å². The van der Waals surface area contributed by atoms with Gasteiger partial charge in [-0.15, -0.1) is 5.10 Å². The van der Waals surface area contributed by atoms with Crippen LogP contribution >= 0.6 is 15.9 Å². The molecule has 0 amide bonds. The summed E-state index contributed by atoms with van der Waals surface area (Å²) < 4.78 is 6.55. The SMILES string of the molecule is COC(=O)c1ncn(-c2c(N)cncc2Br)n1. The highest BCUT2D eigenvalue weighted by molar-refractivity contribution is 9.10. The van der Waals surface area contributed by atoms with E-state index in [0.29, 0.717) is 15.8 Å². The Hall–Kier alpha value is -1.96. The summed E-state index contributed by atoms with van der Waals surface area (Å²) in [5.41, 5.74) is 6.76. The topological polar surface area (TPSA) is 95.9 Å². The smallest absolute Gasteiger partial charge is 0.377 e. The predicted molar refractivity (Wildman–Crippen MR) is 62.6 cm³/mol. The molecule has 0 aliphatic rings. The van der Waals surface area contributed by atoms with Crippen LogP contribution in [-0.2, 0) is 4.74 Å². The first-order valence-corrected chi connectivity index (χ1v) is 5.32. The molecule has 8 heteroatoms. The second-order valence-electron chi connectivity index (χ2n) is 3.06. The van der Waals surface area contributed by atoms with Crippen LogP contribution in [0.4, 0.5) is 5.69 Å². The van der Waals surface area contributed by atoms with Crippen LogP contribution in [0.5, 0.6) is 0 Å². The molecular formula is C9H8BrN5O2. The zero-order valence-corrected chi connectivity index (χ0v) is 10.4. The van der Waals surface area contributed by atoms with Crippen LogP contribution in [0, 0.1) is 0 Å². The number of carbonyl (C=O) groups excluding carboxylic acids is 1. The molecule has 2 rings (SSSR count). The van der Waals surface area contributed by atoms with Gasteiger partial charge in [0.2, 0.25) is 0 Å². The van der Waals surface area contributed by atoms with Crippen molar-refractivity contribution in [2.45, 2.75) is 0 Å². The molecule has 2 heterocycles. The van der Waals surface area contributed by atoms with E-state index < -0.39 is 5.97 Å². The summed E-state index contributed by atoms with van der Waals surface area (Å²) in [6.07, 6.45) is 4.44. The summed E-state index contributed by atoms with van der Waals surface area (Å²) >= 11 is 3.30. The number of hydrogen-bond donors (Lipinski definition) is 1. The van der Waals surface area contributed by atoms with E-state index in [1.54, 1.807) is 6.20 Å². The van der Waals surface area contributed by atoms with E-state index in [0.717, 1.165) is 0 Å². The summed E-state index contributed by atoms with van der Waals surface area (Å²) in [5.74, 6) is -0.636. The van der Waals surface area contributed by atoms with Crippen LogP contribution < -0.4 is 5.73 Å². The number of halogens is 1. The Morgan fingerprint density at radius 3 is 2.94 bits per heavy atom. The fourth-order valence-electron chi connectivity index (χ4n) is 1.24. The van der Waals surface area contributed by atoms with Gasteiger partial charge in [0.25, 0.3) is 5.82 Å². The highest BCUT2D eigenvalue weighted by Crippen LogP contribution is 2.24. The molecule has 0 aromatic carbocycles. The average Bonchev–Trinajstić information content (AvgIpc) is 2.77. The number of nitrogens with two attached hydrogens (primary N) is 1. The van der Waals surface area contributed by atoms with Crippen LogP contribution in [0.3, 0.4) is 0 Å². The maximum atomic E-state index is 11.2. The van der Waals surface area contributed by atoms with Crippen molar-refractivity contribution in [3.63, 3.8) is 0 Å². The first kappa shape index (κ1) is 11.5. The van der Waals surface area contributed by atoms with Crippen LogP contribution in [-0.4, -0.2) is 32.8 Å². The number of methoxy groups -OCH3 is 1. The minimum atomic E-state index is -0.604. The third kappa shape index (κ3) is 2.11. The lowest BCUT2D eigenvalue weighted by atomic mass is 10.3. The molecule has 0 saturated carbocycles. The second kappa shape index (κ2) is 4.50. The summed E-state index contributed by atoms with van der Waals surface area (Å²) in [6, 6.07) is 0. The molecule has 2 N–H and O–H groups in total. The van der Waals surface area contributed by atoms with Crippen molar-refractivity contribution in [1.82, 2.24) is 19.7 Å². The first-order chi connectivity index (χ1) is 8.13. The number of anilines is 1. The van der Waals surface area contributed by atoms with Crippen LogP contribution in [0.2, 0.25) is 0 Å². The lowest BCUT2D eigenvalue weighted by Crippen LogP contribution is -2.06. The molecule has 0 aliphatic heterocycles. The third-order valence-electron chi connectivity index (χ3n) is 1.99. The number of nitrogens with zero attached hydrogens (tertiary/aromatic N) is 4. The largest absolute Gasteiger partial charge is 0.463 e. The van der Waals surface area contributed by atoms with E-state index in [2.05, 4.69) is 35.7 Å². The molecule has 88 valence electrons. The minimum absolute atomic E-state index is 0.0318. The number of pyridine rings is 1. The van der Waals surface area contributed by atoms with Crippen LogP contribution in [0.1, 0.15) is 10.6 Å². The van der Waals surface area contributed by atoms with E-state index in [-0.39, 0.29) is 5.82 Å². The van der Waals surface area contributed by atoms with Gasteiger partial charge in [-0.3, -0.25) is 4.98 Å². The predicted octanol–water partition coefficient (Wildman–Crippen LogP) is 0.794. The maximum Gasteiger partial charge on any atom is 0.377 e. The standard InChI is InChI=1S/C9H8BrN5O2/c1-17-9(16)8-13-4-15(14-8)7-5(10)2-12-3-6(7)11/h2-4H,11H2,1H3. The molecular weight excluding hydrogens is 290 g/mol. The molecule has 0 saturated heterocycles. The van der Waals surface area contributed by atoms with Crippen molar-refractivity contribution in [1.29, 1.82) is 0 Å². The van der Waals surface area contributed by atoms with Crippen molar-refractivity contribution in [2.75, 3.05) is 12.8 Å². The average molecular weight is 298 g/mol. The van der Waals surface area contributed by atoms with E-state index in [1.165, 1.54) is 24.3 Å². The summed E-state index contributed by atoms with van der Waals surface area (Å²) in [4.78, 5) is 18.9. The lowest BCUT2D eigenvalue weighted by molar-refractivity contribution is 0.0587. The van der Waals surface area contributed by atoms with Gasteiger partial charge in [-0.2, -0.15) is 0 Å². The molecule has 2 aromatic heterocycles. The van der Waals surface area contributed by atoms with Gasteiger partial charge in [-0.1, -0.05) is 0 Å². The Bertz CT molecular complexity index is 548. The molecule has 0 atom stereocenters. The minimum Gasteiger partial charge on any atom is -0.463 e.